The van der Waals surface area contributed by atoms with Crippen molar-refractivity contribution >= 4 is 28.3 Å². The summed E-state index contributed by atoms with van der Waals surface area (Å²) in [4.78, 5) is 24.1. The van der Waals surface area contributed by atoms with E-state index < -0.39 is 5.97 Å². The minimum Gasteiger partial charge on any atom is -0.455 e. The van der Waals surface area contributed by atoms with Gasteiger partial charge in [0, 0.05) is 11.1 Å². The van der Waals surface area contributed by atoms with Gasteiger partial charge in [-0.15, -0.1) is 0 Å². The Labute approximate surface area is 152 Å². The van der Waals surface area contributed by atoms with Crippen LogP contribution in [0.25, 0.3) is 10.8 Å². The monoisotopic (exact) mass is 347 g/mol. The highest BCUT2D eigenvalue weighted by molar-refractivity contribution is 6.02. The molecule has 0 aliphatic heterocycles. The van der Waals surface area contributed by atoms with Gasteiger partial charge in [-0.05, 0) is 42.0 Å². The highest BCUT2D eigenvalue weighted by atomic mass is 16.5. The first-order valence-electron chi connectivity index (χ1n) is 8.52. The maximum absolute atomic E-state index is 12.1. The standard InChI is InChI=1S/C22H21NO3/c1-15-10-11-17(12-16(15)2)13-22(25)26-14-21(24)23-20-9-5-7-18-6-3-4-8-19(18)20/h3-12H,13-14H2,1-2H3,(H,23,24). The number of esters is 1. The van der Waals surface area contributed by atoms with Crippen molar-refractivity contribution in [3.8, 4) is 0 Å². The Morgan fingerprint density at radius 3 is 2.50 bits per heavy atom. The summed E-state index contributed by atoms with van der Waals surface area (Å²) < 4.78 is 5.11. The van der Waals surface area contributed by atoms with E-state index in [4.69, 9.17) is 4.74 Å². The maximum atomic E-state index is 12.1. The predicted molar refractivity (Wildman–Crippen MR) is 103 cm³/mol. The highest BCUT2D eigenvalue weighted by Crippen LogP contribution is 2.22. The third kappa shape index (κ3) is 4.28. The number of amides is 1. The zero-order valence-corrected chi connectivity index (χ0v) is 14.9. The largest absolute Gasteiger partial charge is 0.455 e. The predicted octanol–water partition coefficient (Wildman–Crippen LogP) is 4.18. The number of ether oxygens (including phenoxy) is 1. The molecule has 0 spiro atoms. The lowest BCUT2D eigenvalue weighted by Gasteiger charge is -2.10. The number of nitrogens with one attached hydrogen (secondary N) is 1. The molecule has 0 bridgehead atoms. The Morgan fingerprint density at radius 1 is 0.923 bits per heavy atom. The molecule has 1 amide bonds. The van der Waals surface area contributed by atoms with Crippen molar-refractivity contribution in [3.63, 3.8) is 0 Å². The van der Waals surface area contributed by atoms with Gasteiger partial charge < -0.3 is 10.1 Å². The quantitative estimate of drug-likeness (QED) is 0.705. The van der Waals surface area contributed by atoms with Crippen LogP contribution in [0.1, 0.15) is 16.7 Å². The summed E-state index contributed by atoms with van der Waals surface area (Å²) in [5, 5.41) is 4.79. The van der Waals surface area contributed by atoms with Crippen molar-refractivity contribution in [3.05, 3.63) is 77.4 Å². The van der Waals surface area contributed by atoms with E-state index in [-0.39, 0.29) is 18.9 Å². The molecule has 0 aliphatic rings. The molecule has 26 heavy (non-hydrogen) atoms. The summed E-state index contributed by atoms with van der Waals surface area (Å²) >= 11 is 0. The molecule has 0 aromatic heterocycles. The number of rotatable bonds is 5. The molecule has 4 heteroatoms. The van der Waals surface area contributed by atoms with E-state index in [0.717, 1.165) is 21.9 Å². The van der Waals surface area contributed by atoms with Crippen LogP contribution in [0.3, 0.4) is 0 Å². The first-order chi connectivity index (χ1) is 12.5. The van der Waals surface area contributed by atoms with Crippen LogP contribution >= 0.6 is 0 Å². The second-order valence-electron chi connectivity index (χ2n) is 6.33. The van der Waals surface area contributed by atoms with Crippen LogP contribution in [0.5, 0.6) is 0 Å². The SMILES string of the molecule is Cc1ccc(CC(=O)OCC(=O)Nc2cccc3ccccc23)cc1C. The van der Waals surface area contributed by atoms with E-state index in [1.165, 1.54) is 5.56 Å². The third-order valence-electron chi connectivity index (χ3n) is 4.35. The van der Waals surface area contributed by atoms with Crippen molar-refractivity contribution in [1.29, 1.82) is 0 Å². The summed E-state index contributed by atoms with van der Waals surface area (Å²) in [5.41, 5.74) is 3.89. The van der Waals surface area contributed by atoms with Crippen LogP contribution in [0.15, 0.2) is 60.7 Å². The van der Waals surface area contributed by atoms with Crippen LogP contribution in [0.2, 0.25) is 0 Å². The van der Waals surface area contributed by atoms with Gasteiger partial charge in [-0.2, -0.15) is 0 Å². The van der Waals surface area contributed by atoms with Crippen LogP contribution in [0, 0.1) is 13.8 Å². The number of carbonyl (C=O) groups excluding carboxylic acids is 2. The van der Waals surface area contributed by atoms with Crippen molar-refractivity contribution in [2.75, 3.05) is 11.9 Å². The smallest absolute Gasteiger partial charge is 0.310 e. The number of fused-ring (bicyclic) bond motifs is 1. The minimum atomic E-state index is -0.415. The summed E-state index contributed by atoms with van der Waals surface area (Å²) in [6.07, 6.45) is 0.155. The van der Waals surface area contributed by atoms with E-state index in [1.54, 1.807) is 0 Å². The normalized spacial score (nSPS) is 10.5. The Kier molecular flexibility index (Phi) is 5.32. The second-order valence-corrected chi connectivity index (χ2v) is 6.33. The summed E-state index contributed by atoms with van der Waals surface area (Å²) in [7, 11) is 0. The third-order valence-corrected chi connectivity index (χ3v) is 4.35. The molecule has 3 aromatic rings. The van der Waals surface area contributed by atoms with Gasteiger partial charge in [0.2, 0.25) is 0 Å². The molecule has 0 saturated carbocycles. The van der Waals surface area contributed by atoms with Gasteiger partial charge in [0.1, 0.15) is 0 Å². The van der Waals surface area contributed by atoms with Gasteiger partial charge in [-0.3, -0.25) is 9.59 Å². The molecule has 3 rings (SSSR count). The van der Waals surface area contributed by atoms with E-state index in [1.807, 2.05) is 74.5 Å². The maximum Gasteiger partial charge on any atom is 0.310 e. The molecular weight excluding hydrogens is 326 g/mol. The lowest BCUT2D eigenvalue weighted by Crippen LogP contribution is -2.21. The first-order valence-corrected chi connectivity index (χ1v) is 8.52. The van der Waals surface area contributed by atoms with Gasteiger partial charge in [-0.1, -0.05) is 54.6 Å². The van der Waals surface area contributed by atoms with E-state index in [0.29, 0.717) is 5.69 Å². The number of hydrogen-bond acceptors (Lipinski definition) is 3. The molecule has 3 aromatic carbocycles. The molecule has 0 unspecified atom stereocenters. The van der Waals surface area contributed by atoms with Crippen molar-refractivity contribution in [2.24, 2.45) is 0 Å². The van der Waals surface area contributed by atoms with Crippen molar-refractivity contribution in [2.45, 2.75) is 20.3 Å². The van der Waals surface area contributed by atoms with Gasteiger partial charge >= 0.3 is 5.97 Å². The summed E-state index contributed by atoms with van der Waals surface area (Å²) in [6, 6.07) is 19.3. The first kappa shape index (κ1) is 17.7. The number of hydrogen-bond donors (Lipinski definition) is 1. The fourth-order valence-electron chi connectivity index (χ4n) is 2.80. The molecule has 0 aliphatic carbocycles. The molecule has 0 fully saturated rings. The van der Waals surface area contributed by atoms with Crippen LogP contribution in [0.4, 0.5) is 5.69 Å². The topological polar surface area (TPSA) is 55.4 Å². The lowest BCUT2D eigenvalue weighted by atomic mass is 10.0. The fourth-order valence-corrected chi connectivity index (χ4v) is 2.80. The van der Waals surface area contributed by atoms with Crippen molar-refractivity contribution in [1.82, 2.24) is 0 Å². The summed E-state index contributed by atoms with van der Waals surface area (Å²) in [6.45, 7) is 3.73. The van der Waals surface area contributed by atoms with E-state index in [9.17, 15) is 9.59 Å². The number of aryl methyl sites for hydroxylation is 2. The van der Waals surface area contributed by atoms with Crippen LogP contribution in [-0.4, -0.2) is 18.5 Å². The Hall–Kier alpha value is -3.14. The van der Waals surface area contributed by atoms with Gasteiger partial charge in [-0.25, -0.2) is 0 Å². The molecule has 0 radical (unpaired) electrons. The van der Waals surface area contributed by atoms with Crippen molar-refractivity contribution < 1.29 is 14.3 Å². The summed E-state index contributed by atoms with van der Waals surface area (Å²) in [5.74, 6) is -0.767. The number of anilines is 1. The molecule has 132 valence electrons. The van der Waals surface area contributed by atoms with Gasteiger partial charge in [0.25, 0.3) is 5.91 Å². The average molecular weight is 347 g/mol. The minimum absolute atomic E-state index is 0.155. The molecule has 4 nitrogen and oxygen atoms in total. The Morgan fingerprint density at radius 2 is 1.69 bits per heavy atom. The molecule has 0 heterocycles. The highest BCUT2D eigenvalue weighted by Gasteiger charge is 2.10. The fraction of sp³-hybridized carbons (Fsp3) is 0.182. The number of benzene rings is 3. The molecule has 0 saturated heterocycles. The van der Waals surface area contributed by atoms with Crippen LogP contribution in [-0.2, 0) is 20.7 Å². The zero-order chi connectivity index (χ0) is 18.5. The second kappa shape index (κ2) is 7.83. The lowest BCUT2D eigenvalue weighted by molar-refractivity contribution is -0.146. The van der Waals surface area contributed by atoms with Crippen LogP contribution < -0.4 is 5.32 Å². The average Bonchev–Trinajstić information content (AvgIpc) is 2.63. The number of carbonyl (C=O) groups is 2. The Balaban J connectivity index is 1.56. The molecular formula is C22H21NO3. The van der Waals surface area contributed by atoms with Gasteiger partial charge in [0.15, 0.2) is 6.61 Å². The van der Waals surface area contributed by atoms with Gasteiger partial charge in [0.05, 0.1) is 6.42 Å². The zero-order valence-electron chi connectivity index (χ0n) is 14.9. The van der Waals surface area contributed by atoms with E-state index >= 15 is 0 Å². The molecule has 1 N–H and O–H groups in total. The Bertz CT molecular complexity index is 957. The van der Waals surface area contributed by atoms with E-state index in [2.05, 4.69) is 5.32 Å². The molecule has 0 atom stereocenters.